The number of benzene rings is 5. The van der Waals surface area contributed by atoms with Gasteiger partial charge in [0.25, 0.3) is 0 Å². The molecule has 0 saturated carbocycles. The minimum Gasteiger partial charge on any atom is -0.462 e. The number of halogens is 4. The Bertz CT molecular complexity index is 2010. The number of fused-ring (bicyclic) bond motifs is 2. The molecule has 5 rings (SSSR count). The van der Waals surface area contributed by atoms with Crippen molar-refractivity contribution in [2.45, 2.75) is 130 Å². The maximum atomic E-state index is 14.0. The highest BCUT2D eigenvalue weighted by molar-refractivity contribution is 6.55. The van der Waals surface area contributed by atoms with Crippen molar-refractivity contribution in [2.24, 2.45) is 0 Å². The number of ether oxygens (including phenoxy) is 4. The van der Waals surface area contributed by atoms with E-state index in [0.717, 1.165) is 77.0 Å². The number of rotatable bonds is 24. The fraction of sp³-hybridized carbons (Fsp3) is 0.500. The van der Waals surface area contributed by atoms with E-state index in [0.29, 0.717) is 58.0 Å². The molecule has 0 amide bonds. The molecule has 0 radical (unpaired) electrons. The van der Waals surface area contributed by atoms with E-state index in [4.69, 9.17) is 65.4 Å². The standard InChI is InChI=1S/C48H56Cl4O8/c1-5-9-13-17-21-57-45(53)29-25-33(49)39-41-35(51)27-31(47(55)59-23-19-15-11-7-3)38-32(48(56)60-24-20-16-12-8-4)28-36(52)42(44(38)41)40-34(50)26-30(37(29)43(39)40)46(54)58-22-18-14-10-6-2/h25-28H,5-24H2,1-4H3. The normalized spacial score (nSPS) is 11.6. The summed E-state index contributed by atoms with van der Waals surface area (Å²) in [6, 6.07) is 5.85. The molecule has 12 heteroatoms. The van der Waals surface area contributed by atoms with Gasteiger partial charge in [-0.2, -0.15) is 0 Å². The van der Waals surface area contributed by atoms with Gasteiger partial charge in [0.2, 0.25) is 0 Å². The summed E-state index contributed by atoms with van der Waals surface area (Å²) < 4.78 is 23.2. The van der Waals surface area contributed by atoms with E-state index in [-0.39, 0.29) is 79.5 Å². The second kappa shape index (κ2) is 23.0. The molecule has 324 valence electrons. The molecule has 0 aliphatic carbocycles. The average Bonchev–Trinajstić information content (AvgIpc) is 3.23. The summed E-state index contributed by atoms with van der Waals surface area (Å²) in [7, 11) is 0. The van der Waals surface area contributed by atoms with Crippen LogP contribution in [0.25, 0.3) is 43.1 Å². The fourth-order valence-electron chi connectivity index (χ4n) is 7.85. The molecule has 5 aromatic rings. The number of hydrogen-bond acceptors (Lipinski definition) is 8. The van der Waals surface area contributed by atoms with Crippen LogP contribution in [0.1, 0.15) is 172 Å². The lowest BCUT2D eigenvalue weighted by Crippen LogP contribution is -2.14. The van der Waals surface area contributed by atoms with E-state index in [1.165, 1.54) is 24.3 Å². The number of carbonyl (C=O) groups excluding carboxylic acids is 4. The third-order valence-electron chi connectivity index (χ3n) is 10.9. The predicted octanol–water partition coefficient (Wildman–Crippen LogP) is 15.3. The largest absolute Gasteiger partial charge is 0.462 e. The van der Waals surface area contributed by atoms with Crippen LogP contribution in [0.3, 0.4) is 0 Å². The van der Waals surface area contributed by atoms with Crippen LogP contribution in [0.15, 0.2) is 24.3 Å². The summed E-state index contributed by atoms with van der Waals surface area (Å²) in [6.45, 7) is 9.08. The highest BCUT2D eigenvalue weighted by atomic mass is 35.5. The summed E-state index contributed by atoms with van der Waals surface area (Å²) in [5.41, 5.74) is 0.180. The first kappa shape index (κ1) is 47.5. The molecule has 0 fully saturated rings. The first-order valence-electron chi connectivity index (χ1n) is 21.7. The molecule has 0 aliphatic heterocycles. The molecule has 0 bridgehead atoms. The molecular formula is C48H56Cl4O8. The molecular weight excluding hydrogens is 846 g/mol. The summed E-state index contributed by atoms with van der Waals surface area (Å²) in [5, 5.41) is 2.84. The molecule has 5 aromatic carbocycles. The number of carbonyl (C=O) groups is 4. The first-order chi connectivity index (χ1) is 29.0. The third-order valence-corrected chi connectivity index (χ3v) is 12.1. The van der Waals surface area contributed by atoms with Gasteiger partial charge in [-0.3, -0.25) is 0 Å². The van der Waals surface area contributed by atoms with E-state index < -0.39 is 23.9 Å². The third kappa shape index (κ3) is 10.7. The van der Waals surface area contributed by atoms with Crippen molar-refractivity contribution in [3.63, 3.8) is 0 Å². The highest BCUT2D eigenvalue weighted by Gasteiger charge is 2.32. The molecule has 0 aromatic heterocycles. The average molecular weight is 903 g/mol. The van der Waals surface area contributed by atoms with Crippen molar-refractivity contribution >= 4 is 113 Å². The summed E-state index contributed by atoms with van der Waals surface area (Å²) in [4.78, 5) is 56.2. The van der Waals surface area contributed by atoms with Gasteiger partial charge in [-0.15, -0.1) is 0 Å². The number of unbranched alkanes of at least 4 members (excludes halogenated alkanes) is 12. The molecule has 0 heterocycles. The van der Waals surface area contributed by atoms with Crippen LogP contribution < -0.4 is 0 Å². The van der Waals surface area contributed by atoms with Crippen molar-refractivity contribution in [3.05, 3.63) is 66.6 Å². The fourth-order valence-corrected chi connectivity index (χ4v) is 9.04. The van der Waals surface area contributed by atoms with Crippen LogP contribution in [0, 0.1) is 0 Å². The van der Waals surface area contributed by atoms with Crippen LogP contribution in [-0.2, 0) is 18.9 Å². The molecule has 60 heavy (non-hydrogen) atoms. The minimum atomic E-state index is -0.674. The van der Waals surface area contributed by atoms with Gasteiger partial charge in [0.15, 0.2) is 0 Å². The monoisotopic (exact) mass is 900 g/mol. The van der Waals surface area contributed by atoms with Gasteiger partial charge in [-0.05, 0) is 49.9 Å². The van der Waals surface area contributed by atoms with Crippen molar-refractivity contribution in [1.29, 1.82) is 0 Å². The highest BCUT2D eigenvalue weighted by Crippen LogP contribution is 2.52. The van der Waals surface area contributed by atoms with Crippen molar-refractivity contribution < 1.29 is 38.1 Å². The topological polar surface area (TPSA) is 105 Å². The van der Waals surface area contributed by atoms with Crippen LogP contribution in [0.5, 0.6) is 0 Å². The number of hydrogen-bond donors (Lipinski definition) is 0. The molecule has 0 saturated heterocycles. The van der Waals surface area contributed by atoms with Gasteiger partial charge in [0, 0.05) is 63.2 Å². The molecule has 8 nitrogen and oxygen atoms in total. The van der Waals surface area contributed by atoms with Gasteiger partial charge < -0.3 is 18.9 Å². The first-order valence-corrected chi connectivity index (χ1v) is 23.2. The Balaban J connectivity index is 1.83. The van der Waals surface area contributed by atoms with E-state index >= 15 is 0 Å². The molecule has 0 spiro atoms. The lowest BCUT2D eigenvalue weighted by molar-refractivity contribution is 0.0483. The predicted molar refractivity (Wildman–Crippen MR) is 245 cm³/mol. The Hall–Kier alpha value is -3.56. The van der Waals surface area contributed by atoms with Crippen LogP contribution in [-0.4, -0.2) is 50.3 Å². The summed E-state index contributed by atoms with van der Waals surface area (Å²) >= 11 is 28.9. The Morgan fingerprint density at radius 1 is 0.333 bits per heavy atom. The van der Waals surface area contributed by atoms with E-state index in [1.807, 2.05) is 0 Å². The molecule has 0 atom stereocenters. The molecule has 0 aliphatic rings. The zero-order chi connectivity index (χ0) is 43.3. The quantitative estimate of drug-likeness (QED) is 0.0198. The zero-order valence-corrected chi connectivity index (χ0v) is 38.3. The van der Waals surface area contributed by atoms with Gasteiger partial charge in [0.05, 0.1) is 48.7 Å². The van der Waals surface area contributed by atoms with Crippen molar-refractivity contribution in [1.82, 2.24) is 0 Å². The second-order valence-electron chi connectivity index (χ2n) is 15.4. The van der Waals surface area contributed by atoms with Gasteiger partial charge in [0.1, 0.15) is 0 Å². The van der Waals surface area contributed by atoms with Crippen LogP contribution in [0.4, 0.5) is 0 Å². The lowest BCUT2D eigenvalue weighted by atomic mass is 9.84. The summed E-state index contributed by atoms with van der Waals surface area (Å²) in [6.07, 6.45) is 14.3. The second-order valence-corrected chi connectivity index (χ2v) is 17.0. The maximum Gasteiger partial charge on any atom is 0.338 e. The smallest absolute Gasteiger partial charge is 0.338 e. The van der Waals surface area contributed by atoms with Crippen molar-refractivity contribution in [2.75, 3.05) is 26.4 Å². The zero-order valence-electron chi connectivity index (χ0n) is 35.2. The SMILES string of the molecule is CCCCCCOC(=O)c1cc(Cl)c2c3c(Cl)cc(C(=O)OCCCCCC)c4c(C(=O)OCCCCCC)cc(Cl)c(c5c(Cl)cc(C(=O)OCCCCCC)c1c25)c43. The van der Waals surface area contributed by atoms with Crippen LogP contribution >= 0.6 is 46.4 Å². The number of esters is 4. The molecule has 0 N–H and O–H groups in total. The van der Waals surface area contributed by atoms with Gasteiger partial charge in [-0.25, -0.2) is 19.2 Å². The Morgan fingerprint density at radius 3 is 0.750 bits per heavy atom. The Morgan fingerprint density at radius 2 is 0.550 bits per heavy atom. The van der Waals surface area contributed by atoms with E-state index in [1.54, 1.807) is 0 Å². The Labute approximate surface area is 373 Å². The van der Waals surface area contributed by atoms with Gasteiger partial charge in [-0.1, -0.05) is 151 Å². The van der Waals surface area contributed by atoms with Crippen molar-refractivity contribution in [3.8, 4) is 0 Å². The lowest BCUT2D eigenvalue weighted by Gasteiger charge is -2.23. The molecule has 0 unspecified atom stereocenters. The van der Waals surface area contributed by atoms with E-state index in [9.17, 15) is 19.2 Å². The summed E-state index contributed by atoms with van der Waals surface area (Å²) in [5.74, 6) is -2.69. The maximum absolute atomic E-state index is 14.0. The minimum absolute atomic E-state index is 0.0450. The van der Waals surface area contributed by atoms with Gasteiger partial charge >= 0.3 is 23.9 Å². The Kier molecular flexibility index (Phi) is 18.2. The van der Waals surface area contributed by atoms with E-state index in [2.05, 4.69) is 27.7 Å². The van der Waals surface area contributed by atoms with Crippen LogP contribution in [0.2, 0.25) is 20.1 Å².